The van der Waals surface area contributed by atoms with Gasteiger partial charge in [0, 0.05) is 35.7 Å². The van der Waals surface area contributed by atoms with E-state index in [2.05, 4.69) is 15.2 Å². The summed E-state index contributed by atoms with van der Waals surface area (Å²) < 4.78 is 32.0. The summed E-state index contributed by atoms with van der Waals surface area (Å²) in [5.74, 6) is -0.277. The van der Waals surface area contributed by atoms with Crippen LogP contribution in [-0.2, 0) is 44.4 Å². The van der Waals surface area contributed by atoms with E-state index in [4.69, 9.17) is 4.74 Å². The highest BCUT2D eigenvalue weighted by atomic mass is 32.2. The number of amides is 1. The number of aromatic amines is 1. The van der Waals surface area contributed by atoms with Gasteiger partial charge in [0.25, 0.3) is 5.91 Å². The third-order valence-corrected chi connectivity index (χ3v) is 10.0. The summed E-state index contributed by atoms with van der Waals surface area (Å²) in [5.41, 5.74) is 7.56. The standard InChI is InChI=1S/C32H37N3O4S/c36-32-28(27-20-24(13-14-30(27)34-32)40(37,38)22-23-8-3-1-4-9-23)21-31-26(11-7-15-35-16-18-39-19-17-35)25-10-5-2-6-12-29(25)33-31/h1,3-4,8-9,13-14,20-21,33H,2,5-7,10-12,15-19,22H2,(H,34,36). The Bertz CT molecular complexity index is 1520. The molecule has 0 radical (unpaired) electrons. The second-order valence-electron chi connectivity index (χ2n) is 11.1. The van der Waals surface area contributed by atoms with Crippen LogP contribution in [0.5, 0.6) is 0 Å². The van der Waals surface area contributed by atoms with E-state index in [1.54, 1.807) is 18.2 Å². The fourth-order valence-corrected chi connectivity index (χ4v) is 7.56. The van der Waals surface area contributed by atoms with Crippen LogP contribution in [0, 0.1) is 0 Å². The average Bonchev–Trinajstić information content (AvgIpc) is 3.33. The highest BCUT2D eigenvalue weighted by molar-refractivity contribution is 7.90. The summed E-state index contributed by atoms with van der Waals surface area (Å²) in [6.45, 7) is 4.59. The highest BCUT2D eigenvalue weighted by Gasteiger charge is 2.28. The van der Waals surface area contributed by atoms with Crippen LogP contribution >= 0.6 is 0 Å². The highest BCUT2D eigenvalue weighted by Crippen LogP contribution is 2.37. The number of fused-ring (bicyclic) bond motifs is 2. The first kappa shape index (κ1) is 27.0. The monoisotopic (exact) mass is 559 g/mol. The van der Waals surface area contributed by atoms with E-state index >= 15 is 0 Å². The number of aromatic nitrogens is 1. The number of hydrogen-bond donors (Lipinski definition) is 2. The van der Waals surface area contributed by atoms with Gasteiger partial charge >= 0.3 is 0 Å². The molecule has 3 heterocycles. The van der Waals surface area contributed by atoms with Crippen molar-refractivity contribution < 1.29 is 17.9 Å². The number of nitrogens with zero attached hydrogens (tertiary/aromatic N) is 1. The molecule has 210 valence electrons. The van der Waals surface area contributed by atoms with E-state index in [1.165, 1.54) is 36.1 Å². The zero-order valence-electron chi connectivity index (χ0n) is 22.9. The van der Waals surface area contributed by atoms with Crippen LogP contribution in [-0.4, -0.2) is 57.1 Å². The van der Waals surface area contributed by atoms with Gasteiger partial charge in [-0.15, -0.1) is 0 Å². The first-order valence-corrected chi connectivity index (χ1v) is 16.1. The Kier molecular flexibility index (Phi) is 7.91. The van der Waals surface area contributed by atoms with Crippen molar-refractivity contribution in [3.05, 3.63) is 82.2 Å². The van der Waals surface area contributed by atoms with E-state index in [0.29, 0.717) is 16.8 Å². The molecule has 1 amide bonds. The fourth-order valence-electron chi connectivity index (χ4n) is 6.19. The van der Waals surface area contributed by atoms with E-state index in [9.17, 15) is 13.2 Å². The number of carbonyl (C=O) groups is 1. The summed E-state index contributed by atoms with van der Waals surface area (Å²) in [4.78, 5) is 19.5. The van der Waals surface area contributed by atoms with Crippen LogP contribution in [0.3, 0.4) is 0 Å². The fraction of sp³-hybridized carbons (Fsp3) is 0.406. The topological polar surface area (TPSA) is 91.5 Å². The molecule has 0 bridgehead atoms. The van der Waals surface area contributed by atoms with Crippen molar-refractivity contribution in [1.29, 1.82) is 0 Å². The number of anilines is 1. The Labute approximate surface area is 236 Å². The van der Waals surface area contributed by atoms with Gasteiger partial charge in [-0.1, -0.05) is 36.8 Å². The number of morpholine rings is 1. The molecule has 6 rings (SSSR count). The van der Waals surface area contributed by atoms with Crippen LogP contribution in [0.1, 0.15) is 59.3 Å². The third kappa shape index (κ3) is 5.80. The van der Waals surface area contributed by atoms with Gasteiger partial charge < -0.3 is 15.0 Å². The van der Waals surface area contributed by atoms with Gasteiger partial charge in [-0.2, -0.15) is 0 Å². The summed E-state index contributed by atoms with van der Waals surface area (Å²) in [5, 5.41) is 2.94. The molecule has 3 aliphatic rings. The molecule has 2 N–H and O–H groups in total. The van der Waals surface area contributed by atoms with Crippen molar-refractivity contribution in [3.8, 4) is 0 Å². The van der Waals surface area contributed by atoms with Gasteiger partial charge in [-0.25, -0.2) is 8.42 Å². The van der Waals surface area contributed by atoms with Gasteiger partial charge in [0.05, 0.1) is 29.4 Å². The van der Waals surface area contributed by atoms with E-state index in [0.717, 1.165) is 69.8 Å². The van der Waals surface area contributed by atoms with Crippen LogP contribution in [0.4, 0.5) is 5.69 Å². The molecular weight excluding hydrogens is 522 g/mol. The molecule has 1 aromatic heterocycles. The molecule has 0 atom stereocenters. The average molecular weight is 560 g/mol. The lowest BCUT2D eigenvalue weighted by atomic mass is 9.98. The smallest absolute Gasteiger partial charge is 0.256 e. The zero-order chi connectivity index (χ0) is 27.5. The Morgan fingerprint density at radius 2 is 1.77 bits per heavy atom. The number of carbonyl (C=O) groups excluding carboxylic acids is 1. The number of benzene rings is 2. The molecule has 0 saturated carbocycles. The predicted molar refractivity (Wildman–Crippen MR) is 158 cm³/mol. The van der Waals surface area contributed by atoms with Crippen molar-refractivity contribution in [2.75, 3.05) is 38.2 Å². The Balaban J connectivity index is 1.31. The number of aryl methyl sites for hydroxylation is 1. The summed E-state index contributed by atoms with van der Waals surface area (Å²) in [6.07, 6.45) is 9.63. The predicted octanol–water partition coefficient (Wildman–Crippen LogP) is 5.02. The molecule has 0 spiro atoms. The van der Waals surface area contributed by atoms with Gasteiger partial charge in [0.1, 0.15) is 0 Å². The SMILES string of the molecule is O=C1Nc2ccc(S(=O)(=O)Cc3ccccc3)cc2C1=Cc1[nH]c2c(c1CCCN1CCOCC1)CCCCC2. The molecule has 0 unspecified atom stereocenters. The number of H-pyrrole nitrogens is 1. The Hall–Kier alpha value is -3.20. The molecule has 8 heteroatoms. The number of rotatable bonds is 8. The van der Waals surface area contributed by atoms with Crippen molar-refractivity contribution in [2.45, 2.75) is 55.6 Å². The molecule has 1 fully saturated rings. The number of sulfone groups is 1. The van der Waals surface area contributed by atoms with Gasteiger partial charge in [-0.05, 0) is 86.0 Å². The lowest BCUT2D eigenvalue weighted by Crippen LogP contribution is -2.37. The van der Waals surface area contributed by atoms with E-state index in [1.807, 2.05) is 36.4 Å². The Morgan fingerprint density at radius 3 is 2.60 bits per heavy atom. The Morgan fingerprint density at radius 1 is 0.975 bits per heavy atom. The number of hydrogen-bond acceptors (Lipinski definition) is 5. The maximum Gasteiger partial charge on any atom is 0.256 e. The summed E-state index contributed by atoms with van der Waals surface area (Å²) in [6, 6.07) is 14.1. The molecule has 40 heavy (non-hydrogen) atoms. The second kappa shape index (κ2) is 11.7. The lowest BCUT2D eigenvalue weighted by Gasteiger charge is -2.26. The van der Waals surface area contributed by atoms with Gasteiger partial charge in [0.2, 0.25) is 0 Å². The van der Waals surface area contributed by atoms with E-state index in [-0.39, 0.29) is 16.6 Å². The minimum atomic E-state index is -3.57. The lowest BCUT2D eigenvalue weighted by molar-refractivity contribution is -0.110. The summed E-state index contributed by atoms with van der Waals surface area (Å²) in [7, 11) is -3.57. The van der Waals surface area contributed by atoms with Crippen molar-refractivity contribution in [3.63, 3.8) is 0 Å². The van der Waals surface area contributed by atoms with Crippen molar-refractivity contribution in [2.24, 2.45) is 0 Å². The number of ether oxygens (including phenoxy) is 1. The maximum atomic E-state index is 13.3. The quantitative estimate of drug-likeness (QED) is 0.299. The maximum absolute atomic E-state index is 13.3. The minimum absolute atomic E-state index is 0.0797. The largest absolute Gasteiger partial charge is 0.379 e. The minimum Gasteiger partial charge on any atom is -0.379 e. The molecule has 3 aromatic rings. The van der Waals surface area contributed by atoms with Crippen molar-refractivity contribution >= 4 is 33.1 Å². The van der Waals surface area contributed by atoms with E-state index < -0.39 is 9.84 Å². The molecule has 7 nitrogen and oxygen atoms in total. The van der Waals surface area contributed by atoms with Gasteiger partial charge in [-0.3, -0.25) is 9.69 Å². The van der Waals surface area contributed by atoms with Crippen molar-refractivity contribution in [1.82, 2.24) is 9.88 Å². The third-order valence-electron chi connectivity index (χ3n) is 8.32. The molecule has 2 aliphatic heterocycles. The molecule has 2 aromatic carbocycles. The summed E-state index contributed by atoms with van der Waals surface area (Å²) >= 11 is 0. The first-order chi connectivity index (χ1) is 19.5. The zero-order valence-corrected chi connectivity index (χ0v) is 23.7. The molecule has 1 saturated heterocycles. The second-order valence-corrected chi connectivity index (χ2v) is 13.0. The van der Waals surface area contributed by atoms with Crippen LogP contribution in [0.15, 0.2) is 53.4 Å². The first-order valence-electron chi connectivity index (χ1n) is 14.4. The van der Waals surface area contributed by atoms with Crippen LogP contribution in [0.2, 0.25) is 0 Å². The van der Waals surface area contributed by atoms with Gasteiger partial charge in [0.15, 0.2) is 9.84 Å². The van der Waals surface area contributed by atoms with Crippen LogP contribution < -0.4 is 5.32 Å². The molecular formula is C32H37N3O4S. The molecule has 1 aliphatic carbocycles. The normalized spacial score (nSPS) is 18.8. The van der Waals surface area contributed by atoms with Crippen LogP contribution in [0.25, 0.3) is 11.6 Å². The number of nitrogens with one attached hydrogen (secondary N) is 2.